The Kier molecular flexibility index (Phi) is 3.17. The maximum absolute atomic E-state index is 12.4. The number of aryl methyl sites for hydroxylation is 3. The molecule has 3 rings (SSSR count). The van der Waals surface area contributed by atoms with Gasteiger partial charge in [-0.15, -0.1) is 0 Å². The maximum Gasteiger partial charge on any atom is 0.300 e. The van der Waals surface area contributed by atoms with Crippen molar-refractivity contribution in [3.8, 4) is 11.5 Å². The first kappa shape index (κ1) is 13.3. The zero-order valence-corrected chi connectivity index (χ0v) is 12.1. The molecular formula is C16H15N3O2. The molecule has 106 valence electrons. The zero-order chi connectivity index (χ0) is 15.0. The average molecular weight is 281 g/mol. The summed E-state index contributed by atoms with van der Waals surface area (Å²) < 4.78 is 6.75. The Bertz CT molecular complexity index is 797. The molecule has 0 N–H and O–H groups in total. The fourth-order valence-corrected chi connectivity index (χ4v) is 2.14. The first-order valence-electron chi connectivity index (χ1n) is 6.65. The summed E-state index contributed by atoms with van der Waals surface area (Å²) in [6.45, 7) is 5.69. The second-order valence-electron chi connectivity index (χ2n) is 5.05. The van der Waals surface area contributed by atoms with Crippen LogP contribution in [-0.4, -0.2) is 20.7 Å². The van der Waals surface area contributed by atoms with Gasteiger partial charge in [-0.05, 0) is 39.0 Å². The zero-order valence-electron chi connectivity index (χ0n) is 12.1. The van der Waals surface area contributed by atoms with Gasteiger partial charge in [0.1, 0.15) is 6.26 Å². The molecule has 21 heavy (non-hydrogen) atoms. The van der Waals surface area contributed by atoms with Crippen LogP contribution in [0, 0.1) is 20.8 Å². The highest BCUT2D eigenvalue weighted by Crippen LogP contribution is 2.19. The van der Waals surface area contributed by atoms with Gasteiger partial charge in [-0.2, -0.15) is 9.78 Å². The summed E-state index contributed by atoms with van der Waals surface area (Å²) in [4.78, 5) is 16.6. The van der Waals surface area contributed by atoms with Gasteiger partial charge in [0.2, 0.25) is 5.89 Å². The van der Waals surface area contributed by atoms with Crippen molar-refractivity contribution in [2.75, 3.05) is 0 Å². The third-order valence-electron chi connectivity index (χ3n) is 3.22. The molecule has 5 nitrogen and oxygen atoms in total. The lowest BCUT2D eigenvalue weighted by atomic mass is 10.1. The highest BCUT2D eigenvalue weighted by Gasteiger charge is 2.17. The van der Waals surface area contributed by atoms with Crippen LogP contribution in [0.1, 0.15) is 27.4 Å². The molecule has 0 aliphatic rings. The first-order valence-corrected chi connectivity index (χ1v) is 6.65. The molecule has 0 amide bonds. The van der Waals surface area contributed by atoms with Crippen molar-refractivity contribution in [3.63, 3.8) is 0 Å². The Balaban J connectivity index is 1.93. The van der Waals surface area contributed by atoms with Crippen LogP contribution in [0.4, 0.5) is 0 Å². The maximum atomic E-state index is 12.4. The van der Waals surface area contributed by atoms with Gasteiger partial charge in [-0.25, -0.2) is 4.98 Å². The van der Waals surface area contributed by atoms with E-state index < -0.39 is 0 Å². The molecule has 0 unspecified atom stereocenters. The minimum absolute atomic E-state index is 0.247. The molecule has 0 aliphatic heterocycles. The molecule has 0 saturated carbocycles. The van der Waals surface area contributed by atoms with Gasteiger partial charge in [-0.3, -0.25) is 4.79 Å². The Morgan fingerprint density at radius 2 is 1.86 bits per heavy atom. The van der Waals surface area contributed by atoms with Crippen LogP contribution in [0.15, 0.2) is 41.0 Å². The Morgan fingerprint density at radius 1 is 1.14 bits per heavy atom. The standard InChI is InChI=1S/C16H15N3O2/c1-10-4-6-13(7-5-10)15-17-14(9-21-15)16(20)19-12(3)8-11(2)18-19/h4-9H,1-3H3. The molecule has 2 heterocycles. The number of carbonyl (C=O) groups excluding carboxylic acids is 1. The Labute approximate surface area is 122 Å². The molecule has 0 saturated heterocycles. The number of carbonyl (C=O) groups is 1. The topological polar surface area (TPSA) is 60.9 Å². The van der Waals surface area contributed by atoms with Crippen molar-refractivity contribution < 1.29 is 9.21 Å². The number of oxazole rings is 1. The summed E-state index contributed by atoms with van der Waals surface area (Å²) in [6.07, 6.45) is 1.37. The summed E-state index contributed by atoms with van der Waals surface area (Å²) in [7, 11) is 0. The monoisotopic (exact) mass is 281 g/mol. The number of benzene rings is 1. The van der Waals surface area contributed by atoms with Gasteiger partial charge >= 0.3 is 0 Å². The van der Waals surface area contributed by atoms with Crippen LogP contribution in [0.2, 0.25) is 0 Å². The van der Waals surface area contributed by atoms with E-state index in [1.165, 1.54) is 10.9 Å². The molecular weight excluding hydrogens is 266 g/mol. The van der Waals surface area contributed by atoms with Crippen molar-refractivity contribution in [3.05, 3.63) is 59.2 Å². The van der Waals surface area contributed by atoms with Crippen molar-refractivity contribution >= 4 is 5.91 Å². The van der Waals surface area contributed by atoms with E-state index in [0.29, 0.717) is 5.89 Å². The molecule has 0 fully saturated rings. The minimum Gasteiger partial charge on any atom is -0.444 e. The Morgan fingerprint density at radius 3 is 2.48 bits per heavy atom. The molecule has 3 aromatic rings. The van der Waals surface area contributed by atoms with E-state index in [1.54, 1.807) is 0 Å². The van der Waals surface area contributed by atoms with Crippen molar-refractivity contribution in [2.24, 2.45) is 0 Å². The third kappa shape index (κ3) is 2.50. The van der Waals surface area contributed by atoms with E-state index >= 15 is 0 Å². The van der Waals surface area contributed by atoms with E-state index in [2.05, 4.69) is 10.1 Å². The van der Waals surface area contributed by atoms with E-state index in [0.717, 1.165) is 22.5 Å². The highest BCUT2D eigenvalue weighted by atomic mass is 16.3. The fourth-order valence-electron chi connectivity index (χ4n) is 2.14. The van der Waals surface area contributed by atoms with Gasteiger partial charge in [0.05, 0.1) is 5.69 Å². The molecule has 0 atom stereocenters. The summed E-state index contributed by atoms with van der Waals surface area (Å²) >= 11 is 0. The minimum atomic E-state index is -0.289. The van der Waals surface area contributed by atoms with Gasteiger partial charge in [0.25, 0.3) is 5.91 Å². The largest absolute Gasteiger partial charge is 0.444 e. The lowest BCUT2D eigenvalue weighted by Gasteiger charge is -1.98. The van der Waals surface area contributed by atoms with Crippen molar-refractivity contribution in [1.29, 1.82) is 0 Å². The van der Waals surface area contributed by atoms with Crippen LogP contribution in [0.25, 0.3) is 11.5 Å². The van der Waals surface area contributed by atoms with Crippen LogP contribution in [0.5, 0.6) is 0 Å². The smallest absolute Gasteiger partial charge is 0.300 e. The van der Waals surface area contributed by atoms with E-state index in [1.807, 2.05) is 51.1 Å². The Hall–Kier alpha value is -2.69. The molecule has 0 spiro atoms. The molecule has 0 radical (unpaired) electrons. The molecule has 2 aromatic heterocycles. The van der Waals surface area contributed by atoms with Gasteiger partial charge < -0.3 is 4.42 Å². The lowest BCUT2D eigenvalue weighted by Crippen LogP contribution is -2.15. The average Bonchev–Trinajstić information content (AvgIpc) is 3.06. The summed E-state index contributed by atoms with van der Waals surface area (Å²) in [5, 5.41) is 4.17. The third-order valence-corrected chi connectivity index (χ3v) is 3.22. The normalized spacial score (nSPS) is 10.8. The van der Waals surface area contributed by atoms with Crippen molar-refractivity contribution in [2.45, 2.75) is 20.8 Å². The summed E-state index contributed by atoms with van der Waals surface area (Å²) in [5.74, 6) is 0.141. The van der Waals surface area contributed by atoms with E-state index in [4.69, 9.17) is 4.42 Å². The van der Waals surface area contributed by atoms with Crippen LogP contribution in [0.3, 0.4) is 0 Å². The quantitative estimate of drug-likeness (QED) is 0.724. The van der Waals surface area contributed by atoms with Crippen LogP contribution < -0.4 is 0 Å². The summed E-state index contributed by atoms with van der Waals surface area (Å²) in [5.41, 5.74) is 3.81. The fraction of sp³-hybridized carbons (Fsp3) is 0.188. The lowest BCUT2D eigenvalue weighted by molar-refractivity contribution is 0.0937. The van der Waals surface area contributed by atoms with Gasteiger partial charge in [0.15, 0.2) is 5.69 Å². The summed E-state index contributed by atoms with van der Waals surface area (Å²) in [6, 6.07) is 9.63. The first-order chi connectivity index (χ1) is 10.0. The molecule has 5 heteroatoms. The second kappa shape index (κ2) is 5.01. The number of nitrogens with zero attached hydrogens (tertiary/aromatic N) is 3. The van der Waals surface area contributed by atoms with E-state index in [-0.39, 0.29) is 11.6 Å². The predicted molar refractivity (Wildman–Crippen MR) is 78.1 cm³/mol. The number of hydrogen-bond acceptors (Lipinski definition) is 4. The molecule has 0 aliphatic carbocycles. The predicted octanol–water partition coefficient (Wildman–Crippen LogP) is 3.15. The SMILES string of the molecule is Cc1ccc(-c2nc(C(=O)n3nc(C)cc3C)co2)cc1. The van der Waals surface area contributed by atoms with Crippen LogP contribution in [-0.2, 0) is 0 Å². The molecule has 0 bridgehead atoms. The van der Waals surface area contributed by atoms with Crippen LogP contribution >= 0.6 is 0 Å². The van der Waals surface area contributed by atoms with Crippen molar-refractivity contribution in [1.82, 2.24) is 14.8 Å². The van der Waals surface area contributed by atoms with Gasteiger partial charge in [-0.1, -0.05) is 17.7 Å². The van der Waals surface area contributed by atoms with Gasteiger partial charge in [0, 0.05) is 11.3 Å². The highest BCUT2D eigenvalue weighted by molar-refractivity contribution is 5.94. The number of hydrogen-bond donors (Lipinski definition) is 0. The number of aromatic nitrogens is 3. The molecule has 1 aromatic carbocycles. The number of rotatable bonds is 2. The second-order valence-corrected chi connectivity index (χ2v) is 5.05. The van der Waals surface area contributed by atoms with E-state index in [9.17, 15) is 4.79 Å².